The summed E-state index contributed by atoms with van der Waals surface area (Å²) < 4.78 is 5.07. The Labute approximate surface area is 135 Å². The lowest BCUT2D eigenvalue weighted by molar-refractivity contribution is 0.375. The van der Waals surface area contributed by atoms with Crippen molar-refractivity contribution in [1.82, 2.24) is 0 Å². The van der Waals surface area contributed by atoms with Crippen LogP contribution < -0.4 is 0 Å². The highest BCUT2D eigenvalue weighted by Gasteiger charge is 2.31. The van der Waals surface area contributed by atoms with Crippen LogP contribution in [0.5, 0.6) is 0 Å². The highest BCUT2D eigenvalue weighted by atomic mass is 16.6. The highest BCUT2D eigenvalue weighted by Crippen LogP contribution is 2.23. The number of hydrogen-bond acceptors (Lipinski definition) is 1. The molecule has 134 valence electrons. The van der Waals surface area contributed by atoms with Crippen LogP contribution in [0.4, 0.5) is 0 Å². The maximum Gasteiger partial charge on any atom is 0.0836 e. The molecule has 0 saturated carbocycles. The van der Waals surface area contributed by atoms with Crippen LogP contribution in [-0.4, -0.2) is 12.2 Å². The van der Waals surface area contributed by atoms with Gasteiger partial charge in [-0.2, -0.15) is 0 Å². The molecule has 1 heterocycles. The quantitative estimate of drug-likeness (QED) is 0.368. The first kappa shape index (κ1) is 50.3. The van der Waals surface area contributed by atoms with Crippen LogP contribution in [-0.2, 0) is 4.74 Å². The number of hydrogen-bond donors (Lipinski definition) is 0. The van der Waals surface area contributed by atoms with Crippen LogP contribution in [0.2, 0.25) is 0 Å². The lowest BCUT2D eigenvalue weighted by Crippen LogP contribution is -1.81. The van der Waals surface area contributed by atoms with Crippen molar-refractivity contribution in [2.45, 2.75) is 118 Å². The third kappa shape index (κ3) is 52.5. The molecule has 0 amide bonds. The normalized spacial score (nSPS) is 16.3. The van der Waals surface area contributed by atoms with Crippen molar-refractivity contribution in [3.05, 3.63) is 12.2 Å². The van der Waals surface area contributed by atoms with Crippen LogP contribution in [0, 0.1) is 0 Å². The third-order valence-electron chi connectivity index (χ3n) is 1.71. The maximum atomic E-state index is 5.07. The molecule has 20 heavy (non-hydrogen) atoms. The fourth-order valence-corrected chi connectivity index (χ4v) is 0.894. The predicted molar refractivity (Wildman–Crippen MR) is 106 cm³/mol. The van der Waals surface area contributed by atoms with E-state index in [0.29, 0.717) is 12.2 Å². The van der Waals surface area contributed by atoms with E-state index >= 15 is 0 Å². The van der Waals surface area contributed by atoms with Crippen molar-refractivity contribution >= 4 is 0 Å². The van der Waals surface area contributed by atoms with Gasteiger partial charge in [-0.25, -0.2) is 0 Å². The summed E-state index contributed by atoms with van der Waals surface area (Å²) in [5.74, 6) is 0. The molecule has 0 aromatic carbocycles. The summed E-state index contributed by atoms with van der Waals surface area (Å²) in [4.78, 5) is 0. The second-order valence-electron chi connectivity index (χ2n) is 3.47. The topological polar surface area (TPSA) is 12.5 Å². The Bertz CT molecular complexity index is 117. The first-order chi connectivity index (χ1) is 6.67. The first-order valence-corrected chi connectivity index (χ1v) is 5.94. The Morgan fingerprint density at radius 3 is 1.15 bits per heavy atom. The average molecular weight is 297 g/mol. The summed E-state index contributed by atoms with van der Waals surface area (Å²) in [5.41, 5.74) is 0. The molecule has 0 spiro atoms. The van der Waals surface area contributed by atoms with Crippen molar-refractivity contribution in [2.24, 2.45) is 0 Å². The van der Waals surface area contributed by atoms with Gasteiger partial charge in [-0.3, -0.25) is 0 Å². The standard InChI is InChI=1S/C5H10O.C5H10.C3H8.6CH4/c1-3-5-4(2)6-5;1-3-5-4-2;1-3-2;;;;;;/h4-5H,3H2,1-2H3;3,5H,4H2,1-2H3;3H2,1-2H3;6*1H4. The Morgan fingerprint density at radius 1 is 0.850 bits per heavy atom. The Balaban J connectivity index is -0.0000000163. The number of ether oxygens (including phenoxy) is 1. The number of allylic oxidation sites excluding steroid dienone is 2. The highest BCUT2D eigenvalue weighted by molar-refractivity contribution is 4.77. The molecule has 0 N–H and O–H groups in total. The summed E-state index contributed by atoms with van der Waals surface area (Å²) >= 11 is 0. The largest absolute Gasteiger partial charge is 0.370 e. The lowest BCUT2D eigenvalue weighted by atomic mass is 10.3. The van der Waals surface area contributed by atoms with Crippen molar-refractivity contribution in [1.29, 1.82) is 0 Å². The molecule has 0 aromatic rings. The van der Waals surface area contributed by atoms with E-state index < -0.39 is 0 Å². The van der Waals surface area contributed by atoms with E-state index in [2.05, 4.69) is 46.8 Å². The zero-order valence-corrected chi connectivity index (χ0v) is 10.8. The summed E-state index contributed by atoms with van der Waals surface area (Å²) in [7, 11) is 0. The number of epoxide rings is 1. The SMILES string of the molecule is C.C.C.C.C.C.CC=CCC.CCC.CCC1OC1C. The molecule has 1 nitrogen and oxygen atoms in total. The third-order valence-corrected chi connectivity index (χ3v) is 1.71. The van der Waals surface area contributed by atoms with Gasteiger partial charge in [-0.1, -0.05) is 90.8 Å². The molecule has 1 rings (SSSR count). The molecule has 1 heteroatoms. The van der Waals surface area contributed by atoms with Gasteiger partial charge in [0.25, 0.3) is 0 Å². The second kappa shape index (κ2) is 42.8. The van der Waals surface area contributed by atoms with E-state index in [1.807, 2.05) is 6.92 Å². The van der Waals surface area contributed by atoms with E-state index in [1.165, 1.54) is 12.8 Å². The molecule has 1 fully saturated rings. The summed E-state index contributed by atoms with van der Waals surface area (Å²) in [6.45, 7) is 12.7. The average Bonchev–Trinajstić information content (AvgIpc) is 2.86. The molecule has 2 unspecified atom stereocenters. The summed E-state index contributed by atoms with van der Waals surface area (Å²) in [6.07, 6.45) is 8.94. The first-order valence-electron chi connectivity index (χ1n) is 5.94. The maximum absolute atomic E-state index is 5.07. The summed E-state index contributed by atoms with van der Waals surface area (Å²) in [6, 6.07) is 0. The Morgan fingerprint density at radius 2 is 1.15 bits per heavy atom. The van der Waals surface area contributed by atoms with Gasteiger partial charge in [0.15, 0.2) is 0 Å². The van der Waals surface area contributed by atoms with Crippen LogP contribution in [0.1, 0.15) is 105 Å². The van der Waals surface area contributed by atoms with E-state index in [4.69, 9.17) is 4.74 Å². The Kier molecular flexibility index (Phi) is 108. The fourth-order valence-electron chi connectivity index (χ4n) is 0.894. The number of rotatable bonds is 2. The second-order valence-corrected chi connectivity index (χ2v) is 3.47. The molecule has 0 radical (unpaired) electrons. The van der Waals surface area contributed by atoms with Crippen molar-refractivity contribution in [3.63, 3.8) is 0 Å². The van der Waals surface area contributed by atoms with Crippen LogP contribution >= 0.6 is 0 Å². The van der Waals surface area contributed by atoms with Gasteiger partial charge in [0.2, 0.25) is 0 Å². The predicted octanol–water partition coefficient (Wildman–Crippen LogP) is 8.39. The summed E-state index contributed by atoms with van der Waals surface area (Å²) in [5, 5.41) is 0. The van der Waals surface area contributed by atoms with E-state index in [9.17, 15) is 0 Å². The van der Waals surface area contributed by atoms with Crippen LogP contribution in [0.3, 0.4) is 0 Å². The van der Waals surface area contributed by atoms with Gasteiger partial charge in [-0.05, 0) is 26.7 Å². The van der Waals surface area contributed by atoms with E-state index in [1.54, 1.807) is 0 Å². The van der Waals surface area contributed by atoms with Crippen LogP contribution in [0.15, 0.2) is 12.2 Å². The minimum Gasteiger partial charge on any atom is -0.370 e. The zero-order chi connectivity index (χ0) is 11.4. The minimum absolute atomic E-state index is 0. The lowest BCUT2D eigenvalue weighted by Gasteiger charge is -1.72. The molecular weight excluding hydrogens is 244 g/mol. The van der Waals surface area contributed by atoms with Crippen LogP contribution in [0.25, 0.3) is 0 Å². The van der Waals surface area contributed by atoms with Gasteiger partial charge in [-0.15, -0.1) is 0 Å². The molecule has 0 aromatic heterocycles. The van der Waals surface area contributed by atoms with Gasteiger partial charge in [0.05, 0.1) is 12.2 Å². The van der Waals surface area contributed by atoms with E-state index in [-0.39, 0.29) is 44.6 Å². The van der Waals surface area contributed by atoms with Gasteiger partial charge >= 0.3 is 0 Å². The van der Waals surface area contributed by atoms with Gasteiger partial charge in [0, 0.05) is 0 Å². The van der Waals surface area contributed by atoms with E-state index in [0.717, 1.165) is 6.42 Å². The van der Waals surface area contributed by atoms with Crippen molar-refractivity contribution in [2.75, 3.05) is 0 Å². The molecular formula is C19H52O. The smallest absolute Gasteiger partial charge is 0.0836 e. The van der Waals surface area contributed by atoms with Gasteiger partial charge < -0.3 is 4.74 Å². The molecule has 0 aliphatic carbocycles. The van der Waals surface area contributed by atoms with Crippen molar-refractivity contribution in [3.8, 4) is 0 Å². The fraction of sp³-hybridized carbons (Fsp3) is 0.895. The Hall–Kier alpha value is -0.300. The van der Waals surface area contributed by atoms with Crippen molar-refractivity contribution < 1.29 is 4.74 Å². The molecule has 0 bridgehead atoms. The monoisotopic (exact) mass is 296 g/mol. The molecule has 1 aliphatic heterocycles. The van der Waals surface area contributed by atoms with Gasteiger partial charge in [0.1, 0.15) is 0 Å². The zero-order valence-electron chi connectivity index (χ0n) is 10.8. The molecule has 1 aliphatic rings. The molecule has 1 saturated heterocycles. The minimum atomic E-state index is 0. The molecule has 2 atom stereocenters.